The van der Waals surface area contributed by atoms with E-state index in [1.165, 1.54) is 0 Å². The van der Waals surface area contributed by atoms with Crippen molar-refractivity contribution < 1.29 is 32.5 Å². The second-order valence-corrected chi connectivity index (χ2v) is 13.3. The molecule has 4 aliphatic carbocycles. The molecule has 0 heterocycles. The highest BCUT2D eigenvalue weighted by atomic mass is 32.3. The average molecular weight is 489 g/mol. The van der Waals surface area contributed by atoms with Crippen molar-refractivity contribution in [1.82, 2.24) is 0 Å². The summed E-state index contributed by atoms with van der Waals surface area (Å²) in [5, 5.41) is 33.8. The molecular weight excluding hydrogens is 444 g/mol. The van der Waals surface area contributed by atoms with E-state index in [2.05, 4.69) is 31.9 Å². The summed E-state index contributed by atoms with van der Waals surface area (Å²) in [7, 11) is -4.45. The lowest BCUT2D eigenvalue weighted by Crippen LogP contribution is -2.65. The van der Waals surface area contributed by atoms with Crippen molar-refractivity contribution in [2.75, 3.05) is 6.61 Å². The smallest absolute Gasteiger partial charge is 0.393 e. The molecule has 33 heavy (non-hydrogen) atoms. The summed E-state index contributed by atoms with van der Waals surface area (Å²) in [5.41, 5.74) is -0.311. The molecular formula is C25H44O7S. The van der Waals surface area contributed by atoms with Crippen LogP contribution in [0.25, 0.3) is 0 Å². The standard InChI is InChI=1S/C25H44O7S/c1-5-16-19-12-15(26)8-10-24(19,3)20-13-21(27)25(4)17(6-7-18(25)22(20)23(16)28)14(2)9-11-32-33(29,30)31/h14-23,26-28H,5-13H2,1-4H3,(H,29,30,31)/t14-,15-,16-,17?,18?,19+,20?,21+,22?,23?,24+,25-/m1/s1. The fraction of sp³-hybridized carbons (Fsp3) is 1.00. The van der Waals surface area contributed by atoms with Crippen LogP contribution in [-0.4, -0.2) is 53.2 Å². The first kappa shape index (κ1) is 25.8. The van der Waals surface area contributed by atoms with Crippen molar-refractivity contribution >= 4 is 10.4 Å². The van der Waals surface area contributed by atoms with E-state index in [9.17, 15) is 23.7 Å². The van der Waals surface area contributed by atoms with Gasteiger partial charge < -0.3 is 15.3 Å². The summed E-state index contributed by atoms with van der Waals surface area (Å²) in [4.78, 5) is 0. The average Bonchev–Trinajstić information content (AvgIpc) is 3.08. The van der Waals surface area contributed by atoms with Gasteiger partial charge in [0.2, 0.25) is 0 Å². The number of aliphatic hydroxyl groups excluding tert-OH is 3. The third kappa shape index (κ3) is 4.20. The molecule has 4 fully saturated rings. The van der Waals surface area contributed by atoms with Crippen LogP contribution in [-0.2, 0) is 14.6 Å². The Balaban J connectivity index is 1.61. The molecule has 192 valence electrons. The van der Waals surface area contributed by atoms with Crippen molar-refractivity contribution in [3.05, 3.63) is 0 Å². The van der Waals surface area contributed by atoms with Gasteiger partial charge in [-0.1, -0.05) is 34.1 Å². The van der Waals surface area contributed by atoms with Gasteiger partial charge in [-0.2, -0.15) is 8.42 Å². The van der Waals surface area contributed by atoms with E-state index in [0.717, 1.165) is 38.5 Å². The normalized spacial score (nSPS) is 50.8. The molecule has 0 radical (unpaired) electrons. The maximum atomic E-state index is 11.7. The van der Waals surface area contributed by atoms with Crippen LogP contribution in [0.15, 0.2) is 0 Å². The van der Waals surface area contributed by atoms with E-state index in [1.54, 1.807) is 0 Å². The summed E-state index contributed by atoms with van der Waals surface area (Å²) in [6.45, 7) is 8.70. The largest absolute Gasteiger partial charge is 0.397 e. The van der Waals surface area contributed by atoms with E-state index < -0.39 is 22.6 Å². The van der Waals surface area contributed by atoms with Crippen LogP contribution in [0.3, 0.4) is 0 Å². The fourth-order valence-electron chi connectivity index (χ4n) is 9.43. The Bertz CT molecular complexity index is 818. The third-order valence-corrected chi connectivity index (χ3v) is 11.5. The molecule has 0 aliphatic heterocycles. The highest BCUT2D eigenvalue weighted by Gasteiger charge is 2.67. The zero-order valence-corrected chi connectivity index (χ0v) is 21.4. The van der Waals surface area contributed by atoms with Gasteiger partial charge >= 0.3 is 10.4 Å². The highest BCUT2D eigenvalue weighted by Crippen LogP contribution is 2.69. The van der Waals surface area contributed by atoms with Gasteiger partial charge in [0.1, 0.15) is 0 Å². The van der Waals surface area contributed by atoms with Gasteiger partial charge in [-0.3, -0.25) is 4.55 Å². The van der Waals surface area contributed by atoms with E-state index in [0.29, 0.717) is 12.8 Å². The highest BCUT2D eigenvalue weighted by molar-refractivity contribution is 7.80. The zero-order chi connectivity index (χ0) is 24.3. The van der Waals surface area contributed by atoms with Crippen molar-refractivity contribution in [2.24, 2.45) is 52.3 Å². The van der Waals surface area contributed by atoms with Crippen molar-refractivity contribution in [3.8, 4) is 0 Å². The van der Waals surface area contributed by atoms with Gasteiger partial charge in [-0.15, -0.1) is 0 Å². The lowest BCUT2D eigenvalue weighted by Gasteiger charge is -2.65. The zero-order valence-electron chi connectivity index (χ0n) is 20.6. The molecule has 5 unspecified atom stereocenters. The lowest BCUT2D eigenvalue weighted by molar-refractivity contribution is -0.228. The summed E-state index contributed by atoms with van der Waals surface area (Å²) < 4.78 is 35.3. The van der Waals surface area contributed by atoms with Crippen LogP contribution >= 0.6 is 0 Å². The number of hydrogen-bond donors (Lipinski definition) is 4. The Kier molecular flexibility index (Phi) is 7.05. The van der Waals surface area contributed by atoms with E-state index in [1.807, 2.05) is 0 Å². The molecule has 0 spiro atoms. The minimum absolute atomic E-state index is 0.0269. The Morgan fingerprint density at radius 2 is 1.73 bits per heavy atom. The SMILES string of the molecule is CC[C@H]1C(O)C2C3CCC([C@H](C)CCOS(=O)(=O)O)[C@@]3(C)[C@@H](O)CC2[C@@]2(C)CC[C@@H](O)C[C@@H]12. The van der Waals surface area contributed by atoms with Crippen molar-refractivity contribution in [1.29, 1.82) is 0 Å². The van der Waals surface area contributed by atoms with Gasteiger partial charge in [-0.25, -0.2) is 4.18 Å². The van der Waals surface area contributed by atoms with Gasteiger partial charge in [0.25, 0.3) is 0 Å². The monoisotopic (exact) mass is 488 g/mol. The summed E-state index contributed by atoms with van der Waals surface area (Å²) >= 11 is 0. The van der Waals surface area contributed by atoms with E-state index >= 15 is 0 Å². The predicted octanol–water partition coefficient (Wildman–Crippen LogP) is 3.43. The van der Waals surface area contributed by atoms with E-state index in [4.69, 9.17) is 4.55 Å². The topological polar surface area (TPSA) is 124 Å². The Morgan fingerprint density at radius 1 is 1.03 bits per heavy atom. The lowest BCUT2D eigenvalue weighted by atomic mass is 9.41. The maximum absolute atomic E-state index is 11.7. The second kappa shape index (κ2) is 9.00. The second-order valence-electron chi connectivity index (χ2n) is 12.2. The number of fused-ring (bicyclic) bond motifs is 5. The molecule has 4 aliphatic rings. The quantitative estimate of drug-likeness (QED) is 0.422. The first-order chi connectivity index (χ1) is 15.3. The van der Waals surface area contributed by atoms with Crippen LogP contribution < -0.4 is 0 Å². The molecule has 0 aromatic carbocycles. The summed E-state index contributed by atoms with van der Waals surface area (Å²) in [5.74, 6) is 1.40. The van der Waals surface area contributed by atoms with Crippen LogP contribution in [0.2, 0.25) is 0 Å². The summed E-state index contributed by atoms with van der Waals surface area (Å²) in [6, 6.07) is 0. The fourth-order valence-corrected chi connectivity index (χ4v) is 9.74. The van der Waals surface area contributed by atoms with Gasteiger partial charge in [-0.05, 0) is 97.2 Å². The van der Waals surface area contributed by atoms with Crippen LogP contribution in [0.1, 0.15) is 79.1 Å². The third-order valence-electron chi connectivity index (χ3n) is 11.1. The number of hydrogen-bond acceptors (Lipinski definition) is 6. The molecule has 0 amide bonds. The predicted molar refractivity (Wildman–Crippen MR) is 124 cm³/mol. The van der Waals surface area contributed by atoms with Crippen LogP contribution in [0, 0.1) is 52.3 Å². The molecule has 0 bridgehead atoms. The van der Waals surface area contributed by atoms with Crippen molar-refractivity contribution in [2.45, 2.75) is 97.4 Å². The van der Waals surface area contributed by atoms with Crippen LogP contribution in [0.5, 0.6) is 0 Å². The minimum atomic E-state index is -4.45. The Morgan fingerprint density at radius 3 is 2.36 bits per heavy atom. The Labute approximate surface area is 199 Å². The maximum Gasteiger partial charge on any atom is 0.397 e. The molecule has 4 N–H and O–H groups in total. The van der Waals surface area contributed by atoms with Gasteiger partial charge in [0.05, 0.1) is 24.9 Å². The minimum Gasteiger partial charge on any atom is -0.393 e. The molecule has 7 nitrogen and oxygen atoms in total. The van der Waals surface area contributed by atoms with Gasteiger partial charge in [0, 0.05) is 0 Å². The molecule has 0 aromatic heterocycles. The Hall–Kier alpha value is -0.250. The van der Waals surface area contributed by atoms with E-state index in [-0.39, 0.29) is 65.0 Å². The first-order valence-electron chi connectivity index (χ1n) is 13.0. The molecule has 0 saturated heterocycles. The molecule has 0 aromatic rings. The van der Waals surface area contributed by atoms with Crippen molar-refractivity contribution in [3.63, 3.8) is 0 Å². The first-order valence-corrected chi connectivity index (χ1v) is 14.4. The molecule has 8 heteroatoms. The molecule has 4 saturated carbocycles. The summed E-state index contributed by atoms with van der Waals surface area (Å²) in [6.07, 6.45) is 5.28. The molecule has 12 atom stereocenters. The number of aliphatic hydroxyl groups is 3. The molecule has 4 rings (SSSR count). The van der Waals surface area contributed by atoms with Gasteiger partial charge in [0.15, 0.2) is 0 Å². The number of rotatable bonds is 6. The van der Waals surface area contributed by atoms with Crippen LogP contribution in [0.4, 0.5) is 0 Å².